The van der Waals surface area contributed by atoms with Crippen molar-refractivity contribution in [1.29, 1.82) is 5.41 Å². The van der Waals surface area contributed by atoms with Crippen molar-refractivity contribution >= 4 is 46.9 Å². The third kappa shape index (κ3) is 5.55. The first-order valence-corrected chi connectivity index (χ1v) is 10.00. The molecule has 1 aliphatic heterocycles. The fourth-order valence-corrected chi connectivity index (χ4v) is 3.57. The van der Waals surface area contributed by atoms with Gasteiger partial charge in [-0.3, -0.25) is 15.4 Å². The van der Waals surface area contributed by atoms with Gasteiger partial charge in [0.2, 0.25) is 0 Å². The summed E-state index contributed by atoms with van der Waals surface area (Å²) in [5, 5.41) is 19.9. The number of ether oxygens (including phenoxy) is 2. The summed E-state index contributed by atoms with van der Waals surface area (Å²) in [5.74, 6) is -2.61. The predicted molar refractivity (Wildman–Crippen MR) is 113 cm³/mol. The molecule has 0 radical (unpaired) electrons. The number of hydrogen-bond donors (Lipinski definition) is 2. The van der Waals surface area contributed by atoms with Gasteiger partial charge in [0.1, 0.15) is 5.84 Å². The van der Waals surface area contributed by atoms with Crippen LogP contribution in [-0.4, -0.2) is 66.2 Å². The zero-order valence-corrected chi connectivity index (χ0v) is 18.8. The zero-order chi connectivity index (χ0) is 23.3. The Morgan fingerprint density at radius 1 is 1.23 bits per heavy atom. The third-order valence-electron chi connectivity index (χ3n) is 5.01. The fourth-order valence-electron chi connectivity index (χ4n) is 3.28. The number of rotatable bonds is 5. The molecule has 1 unspecified atom stereocenters. The van der Waals surface area contributed by atoms with Gasteiger partial charge in [-0.15, -0.1) is 0 Å². The number of halogens is 2. The van der Waals surface area contributed by atoms with Crippen molar-refractivity contribution in [3.8, 4) is 0 Å². The molecule has 1 heterocycles. The van der Waals surface area contributed by atoms with Gasteiger partial charge in [0.05, 0.1) is 30.3 Å². The summed E-state index contributed by atoms with van der Waals surface area (Å²) in [6.07, 6.45) is 1.74. The number of nitrogens with one attached hydrogen (secondary N) is 1. The number of benzene rings is 1. The molecular formula is C20H23Cl2N3O6. The minimum atomic E-state index is -1.03. The van der Waals surface area contributed by atoms with E-state index in [0.717, 1.165) is 20.3 Å². The first-order valence-electron chi connectivity index (χ1n) is 9.24. The minimum absolute atomic E-state index is 0.0919. The molecule has 1 saturated heterocycles. The van der Waals surface area contributed by atoms with Gasteiger partial charge in [-0.05, 0) is 31.0 Å². The van der Waals surface area contributed by atoms with Crippen LogP contribution in [-0.2, 0) is 19.1 Å². The molecular weight excluding hydrogens is 449 g/mol. The number of amides is 1. The van der Waals surface area contributed by atoms with Crippen molar-refractivity contribution < 1.29 is 29.1 Å². The van der Waals surface area contributed by atoms with E-state index in [9.17, 15) is 19.6 Å². The first kappa shape index (κ1) is 24.6. The quantitative estimate of drug-likeness (QED) is 0.222. The highest BCUT2D eigenvalue weighted by atomic mass is 35.5. The summed E-state index contributed by atoms with van der Waals surface area (Å²) in [4.78, 5) is 38.1. The molecule has 1 aromatic rings. The highest BCUT2D eigenvalue weighted by Crippen LogP contribution is 2.34. The third-order valence-corrected chi connectivity index (χ3v) is 5.75. The highest BCUT2D eigenvalue weighted by Gasteiger charge is 2.41. The van der Waals surface area contributed by atoms with Crippen LogP contribution in [0.25, 0.3) is 0 Å². The fraction of sp³-hybridized carbons (Fsp3) is 0.400. The molecule has 168 valence electrons. The van der Waals surface area contributed by atoms with Gasteiger partial charge in [-0.2, -0.15) is 0 Å². The van der Waals surface area contributed by atoms with Crippen LogP contribution in [0.2, 0.25) is 10.0 Å². The number of methoxy groups -OCH3 is 2. The van der Waals surface area contributed by atoms with Gasteiger partial charge in [0.15, 0.2) is 5.70 Å². The van der Waals surface area contributed by atoms with E-state index in [4.69, 9.17) is 28.6 Å². The van der Waals surface area contributed by atoms with Gasteiger partial charge >= 0.3 is 11.9 Å². The Morgan fingerprint density at radius 2 is 1.90 bits per heavy atom. The SMILES string of the molecule is COC(=O)/C=C(\C(=O)OC)N(O)C(=N)C1(C)CCCN(C(=O)c2ccc(Cl)c(Cl)c2)C1. The smallest absolute Gasteiger partial charge is 0.357 e. The molecule has 9 nitrogen and oxygen atoms in total. The van der Waals surface area contributed by atoms with Crippen molar-refractivity contribution in [2.24, 2.45) is 5.41 Å². The maximum absolute atomic E-state index is 12.9. The molecule has 2 N–H and O–H groups in total. The molecule has 2 rings (SSSR count). The molecule has 1 aliphatic rings. The number of carbonyl (C=O) groups excluding carboxylic acids is 3. The largest absolute Gasteiger partial charge is 0.466 e. The van der Waals surface area contributed by atoms with Crippen LogP contribution in [0, 0.1) is 10.8 Å². The standard InChI is InChI=1S/C20H23Cl2N3O6/c1-20(19(23)25(29)15(18(28)31-3)10-16(26)30-2)7-4-8-24(11-20)17(27)12-5-6-13(21)14(22)9-12/h5-6,9-10,23,29H,4,7-8,11H2,1-3H3/b15-10+,23-19?. The molecule has 1 atom stereocenters. The van der Waals surface area contributed by atoms with Crippen molar-refractivity contribution in [2.75, 3.05) is 27.3 Å². The average molecular weight is 472 g/mol. The van der Waals surface area contributed by atoms with Gasteiger partial charge in [-0.1, -0.05) is 30.1 Å². The second kappa shape index (κ2) is 10.1. The second-order valence-corrected chi connectivity index (χ2v) is 8.04. The lowest BCUT2D eigenvalue weighted by Crippen LogP contribution is -2.52. The lowest BCUT2D eigenvalue weighted by molar-refractivity contribution is -0.143. The molecule has 1 aromatic carbocycles. The average Bonchev–Trinajstić information content (AvgIpc) is 2.77. The van der Waals surface area contributed by atoms with Crippen LogP contribution in [0.5, 0.6) is 0 Å². The lowest BCUT2D eigenvalue weighted by atomic mass is 9.80. The molecule has 0 spiro atoms. The number of nitrogens with zero attached hydrogens (tertiary/aromatic N) is 2. The molecule has 31 heavy (non-hydrogen) atoms. The van der Waals surface area contributed by atoms with Crippen molar-refractivity contribution in [3.05, 3.63) is 45.6 Å². The van der Waals surface area contributed by atoms with Crippen LogP contribution < -0.4 is 0 Å². The summed E-state index contributed by atoms with van der Waals surface area (Å²) in [7, 11) is 2.18. The Bertz CT molecular complexity index is 935. The maximum atomic E-state index is 12.9. The molecule has 0 aliphatic carbocycles. The van der Waals surface area contributed by atoms with Crippen LogP contribution in [0.3, 0.4) is 0 Å². The Morgan fingerprint density at radius 3 is 2.48 bits per heavy atom. The number of amidine groups is 1. The molecule has 11 heteroatoms. The number of likely N-dealkylation sites (tertiary alicyclic amines) is 1. The van der Waals surface area contributed by atoms with E-state index in [1.165, 1.54) is 17.0 Å². The Labute approximate surface area is 189 Å². The van der Waals surface area contributed by atoms with E-state index >= 15 is 0 Å². The highest BCUT2D eigenvalue weighted by molar-refractivity contribution is 6.42. The number of hydroxylamine groups is 2. The zero-order valence-electron chi connectivity index (χ0n) is 17.3. The van der Waals surface area contributed by atoms with E-state index in [0.29, 0.717) is 30.0 Å². The summed E-state index contributed by atoms with van der Waals surface area (Å²) < 4.78 is 9.07. The van der Waals surface area contributed by atoms with Gasteiger partial charge < -0.3 is 14.4 Å². The Kier molecular flexibility index (Phi) is 8.05. The lowest BCUT2D eigenvalue weighted by Gasteiger charge is -2.42. The number of carbonyl (C=O) groups is 3. The molecule has 0 bridgehead atoms. The van der Waals surface area contributed by atoms with Crippen molar-refractivity contribution in [3.63, 3.8) is 0 Å². The van der Waals surface area contributed by atoms with Gasteiger partial charge in [-0.25, -0.2) is 14.7 Å². The number of hydrogen-bond acceptors (Lipinski definition) is 7. The van der Waals surface area contributed by atoms with Crippen LogP contribution in [0.4, 0.5) is 0 Å². The molecule has 1 fully saturated rings. The summed E-state index contributed by atoms with van der Waals surface area (Å²) in [6, 6.07) is 4.55. The van der Waals surface area contributed by atoms with E-state index in [2.05, 4.69) is 9.47 Å². The van der Waals surface area contributed by atoms with Crippen LogP contribution in [0.1, 0.15) is 30.1 Å². The van der Waals surface area contributed by atoms with E-state index in [1.807, 2.05) is 0 Å². The minimum Gasteiger partial charge on any atom is -0.466 e. The number of piperidine rings is 1. The van der Waals surface area contributed by atoms with Crippen LogP contribution in [0.15, 0.2) is 30.0 Å². The number of esters is 2. The van der Waals surface area contributed by atoms with Crippen molar-refractivity contribution in [2.45, 2.75) is 19.8 Å². The summed E-state index contributed by atoms with van der Waals surface area (Å²) in [5.41, 5.74) is -1.25. The van der Waals surface area contributed by atoms with E-state index in [-0.39, 0.29) is 28.4 Å². The topological polar surface area (TPSA) is 120 Å². The van der Waals surface area contributed by atoms with E-state index in [1.54, 1.807) is 13.0 Å². The Balaban J connectivity index is 2.27. The molecule has 0 saturated carbocycles. The molecule has 0 aromatic heterocycles. The summed E-state index contributed by atoms with van der Waals surface area (Å²) >= 11 is 11.9. The first-order chi connectivity index (χ1) is 14.5. The monoisotopic (exact) mass is 471 g/mol. The van der Waals surface area contributed by atoms with E-state index < -0.39 is 23.1 Å². The van der Waals surface area contributed by atoms with Crippen molar-refractivity contribution in [1.82, 2.24) is 9.96 Å². The molecule has 1 amide bonds. The second-order valence-electron chi connectivity index (χ2n) is 7.22. The van der Waals surface area contributed by atoms with Crippen LogP contribution >= 0.6 is 23.2 Å². The normalized spacial score (nSPS) is 18.9. The maximum Gasteiger partial charge on any atom is 0.357 e. The Hall–Kier alpha value is -2.62. The van der Waals surface area contributed by atoms with Gasteiger partial charge in [0.25, 0.3) is 5.91 Å². The van der Waals surface area contributed by atoms with Gasteiger partial charge in [0, 0.05) is 24.1 Å². The summed E-state index contributed by atoms with van der Waals surface area (Å²) in [6.45, 7) is 2.21. The predicted octanol–water partition coefficient (Wildman–Crippen LogP) is 3.13.